The molecule has 0 spiro atoms. The number of ether oxygens (including phenoxy) is 2. The number of hydrogen-bond acceptors (Lipinski definition) is 4. The average Bonchev–Trinajstić information content (AvgIpc) is 2.77. The molecule has 1 N–H and O–H groups in total. The monoisotopic (exact) mass is 440 g/mol. The third-order valence-electron chi connectivity index (χ3n) is 4.51. The number of carbonyl (C=O) groups excluding carboxylic acids is 1. The summed E-state index contributed by atoms with van der Waals surface area (Å²) < 4.78 is 12.8. The topological polar surface area (TPSA) is 69.6 Å². The van der Waals surface area contributed by atoms with Gasteiger partial charge in [0, 0.05) is 22.8 Å². The molecule has 1 amide bonds. The summed E-state index contributed by atoms with van der Waals surface area (Å²) in [5, 5.41) is 3.41. The quantitative estimate of drug-likeness (QED) is 0.509. The Hall–Kier alpha value is -3.25. The highest BCUT2D eigenvalue weighted by Crippen LogP contribution is 2.29. The third kappa shape index (κ3) is 5.89. The van der Waals surface area contributed by atoms with Crippen LogP contribution in [0.1, 0.15) is 36.2 Å². The lowest BCUT2D eigenvalue weighted by molar-refractivity contribution is 0.102. The lowest BCUT2D eigenvalue weighted by Crippen LogP contribution is -2.21. The second-order valence-electron chi connectivity index (χ2n) is 6.87. The van der Waals surface area contributed by atoms with Gasteiger partial charge in [-0.3, -0.25) is 9.59 Å². The van der Waals surface area contributed by atoms with Crippen molar-refractivity contribution in [1.29, 1.82) is 0 Å². The molecule has 0 aliphatic rings. The van der Waals surface area contributed by atoms with E-state index in [2.05, 4.69) is 5.32 Å². The van der Waals surface area contributed by atoms with E-state index in [9.17, 15) is 9.59 Å². The number of amides is 1. The van der Waals surface area contributed by atoms with E-state index >= 15 is 0 Å². The fraction of sp³-hybridized carbons (Fsp3) is 0.250. The fourth-order valence-electron chi connectivity index (χ4n) is 2.99. The lowest BCUT2D eigenvalue weighted by Gasteiger charge is -2.14. The van der Waals surface area contributed by atoms with Crippen molar-refractivity contribution in [3.05, 3.63) is 87.3 Å². The number of aromatic nitrogens is 1. The maximum Gasteiger partial charge on any atom is 0.255 e. The average molecular weight is 441 g/mol. The van der Waals surface area contributed by atoms with Gasteiger partial charge < -0.3 is 19.4 Å². The zero-order valence-corrected chi connectivity index (χ0v) is 18.3. The molecule has 0 aliphatic heterocycles. The molecule has 0 bridgehead atoms. The van der Waals surface area contributed by atoms with E-state index in [1.165, 1.54) is 10.6 Å². The molecule has 0 saturated carbocycles. The number of nitrogens with zero attached hydrogens (tertiary/aromatic N) is 1. The summed E-state index contributed by atoms with van der Waals surface area (Å²) >= 11 is 6.21. The first-order valence-electron chi connectivity index (χ1n) is 10.2. The van der Waals surface area contributed by atoms with Crippen LogP contribution in [0.2, 0.25) is 5.02 Å². The smallest absolute Gasteiger partial charge is 0.255 e. The van der Waals surface area contributed by atoms with Gasteiger partial charge in [-0.25, -0.2) is 0 Å². The Morgan fingerprint density at radius 1 is 1.03 bits per heavy atom. The molecule has 0 aliphatic carbocycles. The standard InChI is InChI=1S/C24H25ClN2O4/c1-3-13-31-21-11-9-17(14-22(21)30-4-2)24(29)26-19-10-12-23(28)27(16-19)15-18-7-5-6-8-20(18)25/h5-12,14,16H,3-4,13,15H2,1-2H3,(H,26,29). The first kappa shape index (κ1) is 22.4. The minimum Gasteiger partial charge on any atom is -0.490 e. The van der Waals surface area contributed by atoms with Gasteiger partial charge in [0.1, 0.15) is 0 Å². The van der Waals surface area contributed by atoms with Crippen LogP contribution < -0.4 is 20.3 Å². The molecule has 0 saturated heterocycles. The molecule has 2 aromatic carbocycles. The predicted octanol–water partition coefficient (Wildman–Crippen LogP) is 4.99. The second-order valence-corrected chi connectivity index (χ2v) is 7.28. The maximum absolute atomic E-state index is 12.8. The van der Waals surface area contributed by atoms with Crippen LogP contribution in [0, 0.1) is 0 Å². The fourth-order valence-corrected chi connectivity index (χ4v) is 3.19. The molecule has 162 valence electrons. The van der Waals surface area contributed by atoms with Crippen molar-refractivity contribution in [2.45, 2.75) is 26.8 Å². The van der Waals surface area contributed by atoms with Crippen LogP contribution in [0.15, 0.2) is 65.6 Å². The van der Waals surface area contributed by atoms with Crippen molar-refractivity contribution in [3.8, 4) is 11.5 Å². The molecule has 0 atom stereocenters. The highest BCUT2D eigenvalue weighted by Gasteiger charge is 2.13. The van der Waals surface area contributed by atoms with E-state index in [-0.39, 0.29) is 11.5 Å². The number of hydrogen-bond donors (Lipinski definition) is 1. The number of anilines is 1. The van der Waals surface area contributed by atoms with E-state index < -0.39 is 0 Å². The van der Waals surface area contributed by atoms with Crippen molar-refractivity contribution < 1.29 is 14.3 Å². The van der Waals surface area contributed by atoms with Crippen molar-refractivity contribution >= 4 is 23.2 Å². The van der Waals surface area contributed by atoms with Crippen LogP contribution in [-0.4, -0.2) is 23.7 Å². The second kappa shape index (κ2) is 10.7. The summed E-state index contributed by atoms with van der Waals surface area (Å²) in [6.45, 7) is 5.23. The van der Waals surface area contributed by atoms with Crippen molar-refractivity contribution in [2.75, 3.05) is 18.5 Å². The SMILES string of the molecule is CCCOc1ccc(C(=O)Nc2ccc(=O)n(Cc3ccccc3Cl)c2)cc1OCC. The summed E-state index contributed by atoms with van der Waals surface area (Å²) in [4.78, 5) is 25.0. The van der Waals surface area contributed by atoms with Crippen LogP contribution >= 0.6 is 11.6 Å². The van der Waals surface area contributed by atoms with E-state index in [0.717, 1.165) is 12.0 Å². The van der Waals surface area contributed by atoms with Gasteiger partial charge in [0.15, 0.2) is 11.5 Å². The van der Waals surface area contributed by atoms with Crippen LogP contribution in [0.5, 0.6) is 11.5 Å². The number of halogens is 1. The Balaban J connectivity index is 1.79. The summed E-state index contributed by atoms with van der Waals surface area (Å²) in [6.07, 6.45) is 2.48. The van der Waals surface area contributed by atoms with Gasteiger partial charge in [-0.05, 0) is 49.2 Å². The molecule has 1 aromatic heterocycles. The van der Waals surface area contributed by atoms with Gasteiger partial charge >= 0.3 is 0 Å². The first-order valence-corrected chi connectivity index (χ1v) is 10.5. The lowest BCUT2D eigenvalue weighted by atomic mass is 10.2. The largest absolute Gasteiger partial charge is 0.490 e. The van der Waals surface area contributed by atoms with Crippen LogP contribution in [0.25, 0.3) is 0 Å². The van der Waals surface area contributed by atoms with Crippen LogP contribution in [-0.2, 0) is 6.54 Å². The Morgan fingerprint density at radius 2 is 1.84 bits per heavy atom. The van der Waals surface area contributed by atoms with Crippen LogP contribution in [0.4, 0.5) is 5.69 Å². The van der Waals surface area contributed by atoms with Gasteiger partial charge in [-0.15, -0.1) is 0 Å². The van der Waals surface area contributed by atoms with Crippen molar-refractivity contribution in [2.24, 2.45) is 0 Å². The molecule has 1 heterocycles. The molecule has 3 aromatic rings. The van der Waals surface area contributed by atoms with Crippen LogP contribution in [0.3, 0.4) is 0 Å². The molecule has 0 fully saturated rings. The van der Waals surface area contributed by atoms with Crippen molar-refractivity contribution in [1.82, 2.24) is 4.57 Å². The minimum absolute atomic E-state index is 0.186. The highest BCUT2D eigenvalue weighted by atomic mass is 35.5. The zero-order chi connectivity index (χ0) is 22.2. The number of rotatable bonds is 9. The molecule has 0 unspecified atom stereocenters. The van der Waals surface area contributed by atoms with Gasteiger partial charge in [0.2, 0.25) is 0 Å². The molecule has 0 radical (unpaired) electrons. The van der Waals surface area contributed by atoms with E-state index in [1.807, 2.05) is 32.0 Å². The molecular formula is C24H25ClN2O4. The zero-order valence-electron chi connectivity index (χ0n) is 17.6. The molecule has 3 rings (SSSR count). The summed E-state index contributed by atoms with van der Waals surface area (Å²) in [5.41, 5.74) is 1.56. The van der Waals surface area contributed by atoms with Gasteiger partial charge in [0.05, 0.1) is 25.4 Å². The van der Waals surface area contributed by atoms with Gasteiger partial charge in [0.25, 0.3) is 11.5 Å². The number of pyridine rings is 1. The highest BCUT2D eigenvalue weighted by molar-refractivity contribution is 6.31. The Bertz CT molecular complexity index is 1110. The van der Waals surface area contributed by atoms with E-state index in [0.29, 0.717) is 47.5 Å². The number of nitrogens with one attached hydrogen (secondary N) is 1. The molecule has 7 heteroatoms. The van der Waals surface area contributed by atoms with Gasteiger partial charge in [-0.2, -0.15) is 0 Å². The number of benzene rings is 2. The third-order valence-corrected chi connectivity index (χ3v) is 4.88. The molecule has 31 heavy (non-hydrogen) atoms. The Morgan fingerprint density at radius 3 is 2.58 bits per heavy atom. The normalized spacial score (nSPS) is 10.5. The maximum atomic E-state index is 12.8. The summed E-state index contributed by atoms with van der Waals surface area (Å²) in [6, 6.07) is 15.4. The van der Waals surface area contributed by atoms with E-state index in [1.54, 1.807) is 36.5 Å². The summed E-state index contributed by atoms with van der Waals surface area (Å²) in [5.74, 6) is 0.812. The number of carbonyl (C=O) groups is 1. The van der Waals surface area contributed by atoms with Gasteiger partial charge in [-0.1, -0.05) is 36.7 Å². The Labute approximate surface area is 186 Å². The van der Waals surface area contributed by atoms with E-state index in [4.69, 9.17) is 21.1 Å². The predicted molar refractivity (Wildman–Crippen MR) is 123 cm³/mol. The molecular weight excluding hydrogens is 416 g/mol. The Kier molecular flexibility index (Phi) is 7.73. The minimum atomic E-state index is -0.314. The first-order chi connectivity index (χ1) is 15.0. The van der Waals surface area contributed by atoms with Crippen molar-refractivity contribution in [3.63, 3.8) is 0 Å². The summed E-state index contributed by atoms with van der Waals surface area (Å²) in [7, 11) is 0. The molecule has 6 nitrogen and oxygen atoms in total.